The molecular formula is C49H41BCuF4N3P2+2. The van der Waals surface area contributed by atoms with Gasteiger partial charge < -0.3 is 17.3 Å². The molecule has 2 aromatic heterocycles. The third-order valence-corrected chi connectivity index (χ3v) is 14.2. The van der Waals surface area contributed by atoms with Crippen molar-refractivity contribution in [2.24, 2.45) is 0 Å². The summed E-state index contributed by atoms with van der Waals surface area (Å²) in [5.41, 5.74) is 3.45. The number of rotatable bonds is 7. The summed E-state index contributed by atoms with van der Waals surface area (Å²) in [6, 6.07) is 78.6. The van der Waals surface area contributed by atoms with E-state index in [0.717, 1.165) is 22.4 Å². The van der Waals surface area contributed by atoms with Crippen molar-refractivity contribution < 1.29 is 34.3 Å². The number of nitrogens with zero attached hydrogens (tertiary/aromatic N) is 3. The van der Waals surface area contributed by atoms with E-state index in [1.54, 1.807) is 12.4 Å². The van der Waals surface area contributed by atoms with E-state index in [9.17, 15) is 17.3 Å². The van der Waals surface area contributed by atoms with E-state index in [1.807, 2.05) is 42.5 Å². The Morgan fingerprint density at radius 2 is 0.600 bits per heavy atom. The number of halogens is 4. The van der Waals surface area contributed by atoms with E-state index >= 15 is 0 Å². The number of para-hydroxylation sites is 2. The number of hydrogen-bond donors (Lipinski definition) is 0. The molecule has 0 aliphatic rings. The molecule has 60 heavy (non-hydrogen) atoms. The molecule has 0 amide bonds. The van der Waals surface area contributed by atoms with Crippen molar-refractivity contribution in [3.05, 3.63) is 237 Å². The fourth-order valence-corrected chi connectivity index (χ4v) is 11.4. The van der Waals surface area contributed by atoms with Gasteiger partial charge in [0, 0.05) is 6.20 Å². The molecule has 0 aliphatic heterocycles. The fourth-order valence-electron chi connectivity index (χ4n) is 6.22. The van der Waals surface area contributed by atoms with Gasteiger partial charge in [0.1, 0.15) is 37.5 Å². The van der Waals surface area contributed by atoms with E-state index in [0.29, 0.717) is 0 Å². The second-order valence-electron chi connectivity index (χ2n) is 12.9. The van der Waals surface area contributed by atoms with Crippen LogP contribution in [0.1, 0.15) is 0 Å². The fraction of sp³-hybridized carbons (Fsp3) is 0. The predicted octanol–water partition coefficient (Wildman–Crippen LogP) is 10.3. The van der Waals surface area contributed by atoms with Gasteiger partial charge in [0.15, 0.2) is 0 Å². The van der Waals surface area contributed by atoms with Gasteiger partial charge in [0.05, 0.1) is 38.8 Å². The van der Waals surface area contributed by atoms with Crippen molar-refractivity contribution in [2.75, 3.05) is 0 Å². The maximum atomic E-state index is 9.75. The van der Waals surface area contributed by atoms with Gasteiger partial charge in [0.2, 0.25) is 0 Å². The molecule has 0 saturated heterocycles. The Bertz CT molecular complexity index is 2240. The molecule has 9 rings (SSSR count). The van der Waals surface area contributed by atoms with E-state index in [1.165, 1.54) is 31.8 Å². The molecule has 0 aliphatic carbocycles. The van der Waals surface area contributed by atoms with Crippen LogP contribution in [0.5, 0.6) is 0 Å². The minimum atomic E-state index is -6.00. The normalized spacial score (nSPS) is 10.5. The molecule has 9 aromatic rings. The van der Waals surface area contributed by atoms with Crippen LogP contribution < -0.4 is 31.8 Å². The first-order valence-electron chi connectivity index (χ1n) is 18.9. The van der Waals surface area contributed by atoms with Crippen LogP contribution in [-0.2, 0) is 17.1 Å². The number of hydrogen-bond acceptors (Lipinski definition) is 3. The second-order valence-corrected chi connectivity index (χ2v) is 17.9. The van der Waals surface area contributed by atoms with Crippen molar-refractivity contribution >= 4 is 66.0 Å². The molecule has 302 valence electrons. The number of benzene rings is 7. The van der Waals surface area contributed by atoms with Crippen molar-refractivity contribution in [2.45, 2.75) is 0 Å². The van der Waals surface area contributed by atoms with Gasteiger partial charge in [0.25, 0.3) is 0 Å². The van der Waals surface area contributed by atoms with Gasteiger partial charge in [-0.1, -0.05) is 127 Å². The van der Waals surface area contributed by atoms with Crippen LogP contribution in [0.2, 0.25) is 0 Å². The first kappa shape index (κ1) is 45.3. The van der Waals surface area contributed by atoms with E-state index in [4.69, 9.17) is 0 Å². The summed E-state index contributed by atoms with van der Waals surface area (Å²) < 4.78 is 39.0. The Morgan fingerprint density at radius 1 is 0.317 bits per heavy atom. The zero-order valence-electron chi connectivity index (χ0n) is 32.2. The zero-order valence-corrected chi connectivity index (χ0v) is 35.2. The Kier molecular flexibility index (Phi) is 17.9. The van der Waals surface area contributed by atoms with Gasteiger partial charge in [-0.2, -0.15) is 0 Å². The molecule has 0 N–H and O–H groups in total. The molecule has 11 heteroatoms. The number of aromatic nitrogens is 3. The average molecular weight is 884 g/mol. The van der Waals surface area contributed by atoms with Crippen LogP contribution in [0.15, 0.2) is 237 Å². The standard InChI is InChI=1S/2C18H15P.C13H9N3.BF4.Cu/c2*1-4-10-16(11-5-1)19(17-12-6-2-7-13-17)18-14-8-3-9-15-18;1-2-7-12-10(5-1)15-9-13(16-12)11-6-3-4-8-14-11;2-1(3,4)5;/h2*1-15H;1-9H;;/q;;;-1;+1/p+2. The van der Waals surface area contributed by atoms with Crippen LogP contribution in [0.25, 0.3) is 22.4 Å². The van der Waals surface area contributed by atoms with E-state index in [-0.39, 0.29) is 17.1 Å². The Hall–Kier alpha value is -5.81. The smallest absolute Gasteiger partial charge is 0.418 e. The topological polar surface area (TPSA) is 38.7 Å². The molecule has 7 aromatic carbocycles. The maximum Gasteiger partial charge on any atom is 1.00 e. The molecule has 0 spiro atoms. The summed E-state index contributed by atoms with van der Waals surface area (Å²) in [5.74, 6) is 0. The van der Waals surface area contributed by atoms with Crippen LogP contribution in [0.4, 0.5) is 17.3 Å². The van der Waals surface area contributed by atoms with E-state index in [2.05, 4.69) is 197 Å². The maximum absolute atomic E-state index is 9.75. The van der Waals surface area contributed by atoms with Gasteiger partial charge in [-0.15, -0.1) is 0 Å². The Balaban J connectivity index is 0.000000161. The Labute approximate surface area is 361 Å². The summed E-state index contributed by atoms with van der Waals surface area (Å²) >= 11 is 0. The summed E-state index contributed by atoms with van der Waals surface area (Å²) in [4.78, 5) is 13.1. The minimum Gasteiger partial charge on any atom is -0.418 e. The molecular weight excluding hydrogens is 843 g/mol. The summed E-state index contributed by atoms with van der Waals surface area (Å²) in [5, 5.41) is 8.61. The van der Waals surface area contributed by atoms with Gasteiger partial charge in [-0.25, -0.2) is 4.98 Å². The van der Waals surface area contributed by atoms with Crippen LogP contribution in [0.3, 0.4) is 0 Å². The SMILES string of the molecule is F[B-](F)(F)F.[Cu+].c1ccc(-c2cnc3ccccc3n2)nc1.c1ccc([PH+](c2ccccc2)c2ccccc2)cc1.c1ccc([PH+](c2ccccc2)c2ccccc2)cc1. The van der Waals surface area contributed by atoms with Crippen molar-refractivity contribution in [1.29, 1.82) is 0 Å². The van der Waals surface area contributed by atoms with E-state index < -0.39 is 23.1 Å². The molecule has 0 unspecified atom stereocenters. The van der Waals surface area contributed by atoms with Crippen LogP contribution >= 0.6 is 15.8 Å². The molecule has 3 nitrogen and oxygen atoms in total. The molecule has 0 atom stereocenters. The summed E-state index contributed by atoms with van der Waals surface area (Å²) in [6.45, 7) is 0. The third-order valence-electron chi connectivity index (χ3n) is 8.75. The molecule has 0 radical (unpaired) electrons. The van der Waals surface area contributed by atoms with Gasteiger partial charge in [-0.05, 0) is 97.1 Å². The van der Waals surface area contributed by atoms with Gasteiger partial charge >= 0.3 is 24.3 Å². The summed E-state index contributed by atoms with van der Waals surface area (Å²) in [7, 11) is -7.75. The Morgan fingerprint density at radius 3 is 0.900 bits per heavy atom. The van der Waals surface area contributed by atoms with Gasteiger partial charge in [-0.3, -0.25) is 9.97 Å². The largest absolute Gasteiger partial charge is 1.00 e. The van der Waals surface area contributed by atoms with Crippen LogP contribution in [-0.4, -0.2) is 22.2 Å². The monoisotopic (exact) mass is 883 g/mol. The van der Waals surface area contributed by atoms with Crippen molar-refractivity contribution in [3.63, 3.8) is 0 Å². The first-order valence-corrected chi connectivity index (χ1v) is 21.9. The molecule has 0 fully saturated rings. The molecule has 2 heterocycles. The predicted molar refractivity (Wildman–Crippen MR) is 246 cm³/mol. The summed E-state index contributed by atoms with van der Waals surface area (Å²) in [6.07, 6.45) is 3.51. The quantitative estimate of drug-likeness (QED) is 0.0910. The first-order chi connectivity index (χ1) is 28.8. The van der Waals surface area contributed by atoms with Crippen LogP contribution in [0, 0.1) is 0 Å². The number of fused-ring (bicyclic) bond motifs is 1. The second kappa shape index (κ2) is 23.7. The minimum absolute atomic E-state index is 0. The third kappa shape index (κ3) is 14.2. The van der Waals surface area contributed by atoms with Crippen molar-refractivity contribution in [3.8, 4) is 11.4 Å². The molecule has 0 bridgehead atoms. The molecule has 0 saturated carbocycles. The van der Waals surface area contributed by atoms with Crippen molar-refractivity contribution in [1.82, 2.24) is 15.0 Å². The zero-order chi connectivity index (χ0) is 41.1. The number of pyridine rings is 1. The average Bonchev–Trinajstić information content (AvgIpc) is 3.29.